The summed E-state index contributed by atoms with van der Waals surface area (Å²) >= 11 is 0. The number of benzene rings is 1. The first-order valence-corrected chi connectivity index (χ1v) is 14.1. The average Bonchev–Trinajstić information content (AvgIpc) is 3.20. The summed E-state index contributed by atoms with van der Waals surface area (Å²) in [6, 6.07) is 4.89. The van der Waals surface area contributed by atoms with Gasteiger partial charge in [0, 0.05) is 19.0 Å². The number of H-pyrrole nitrogens is 1. The first-order valence-electron chi connectivity index (χ1n) is 12.6. The first kappa shape index (κ1) is 27.8. The Bertz CT molecular complexity index is 1350. The summed E-state index contributed by atoms with van der Waals surface area (Å²) in [6.45, 7) is 8.60. The second-order valence-electron chi connectivity index (χ2n) is 8.94. The molecule has 0 fully saturated rings. The number of imidazole rings is 1. The molecule has 0 amide bonds. The van der Waals surface area contributed by atoms with Crippen LogP contribution >= 0.6 is 0 Å². The van der Waals surface area contributed by atoms with Crippen LogP contribution in [0.25, 0.3) is 16.9 Å². The van der Waals surface area contributed by atoms with E-state index >= 15 is 0 Å². The number of rotatable bonds is 13. The van der Waals surface area contributed by atoms with E-state index in [0.717, 1.165) is 12.8 Å². The van der Waals surface area contributed by atoms with E-state index in [1.165, 1.54) is 12.1 Å². The highest BCUT2D eigenvalue weighted by atomic mass is 32.2. The van der Waals surface area contributed by atoms with Gasteiger partial charge in [-0.15, -0.1) is 5.10 Å². The predicted octanol–water partition coefficient (Wildman–Crippen LogP) is 3.01. The van der Waals surface area contributed by atoms with Crippen LogP contribution in [-0.4, -0.2) is 66.2 Å². The van der Waals surface area contributed by atoms with Gasteiger partial charge < -0.3 is 14.6 Å². The summed E-state index contributed by atoms with van der Waals surface area (Å²) in [5.74, 6) is 1.36. The summed E-state index contributed by atoms with van der Waals surface area (Å²) in [6.07, 6.45) is 3.74. The number of nitrogens with zero attached hydrogens (tertiary/aromatic N) is 4. The molecule has 3 aromatic rings. The van der Waals surface area contributed by atoms with Crippen LogP contribution in [0.15, 0.2) is 27.9 Å². The Hall–Kier alpha value is -2.76. The van der Waals surface area contributed by atoms with Gasteiger partial charge in [-0.05, 0) is 64.9 Å². The number of hydrogen-bond acceptors (Lipinski definition) is 7. The summed E-state index contributed by atoms with van der Waals surface area (Å²) in [5.41, 5.74) is 1.18. The molecule has 11 heteroatoms. The average molecular weight is 519 g/mol. The SMILES string of the molecule is CCCc1nc(CC)c2c(=O)[nH]c(-c3cc(S(=O)(=O)NCCC(CC)N(C)C)ccc3OCC)nn12. The van der Waals surface area contributed by atoms with Gasteiger partial charge in [0.1, 0.15) is 11.6 Å². The van der Waals surface area contributed by atoms with Gasteiger partial charge >= 0.3 is 0 Å². The van der Waals surface area contributed by atoms with Gasteiger partial charge in [0.25, 0.3) is 5.56 Å². The standard InChI is InChI=1S/C25H38N6O4S/c1-7-11-22-27-20(9-3)23-25(32)28-24(29-31(22)23)19-16-18(12-13-21(19)35-10-4)36(33,34)26-15-14-17(8-2)30(5)6/h12-13,16-17,26H,7-11,14-15H2,1-6H3,(H,28,29,32). The topological polar surface area (TPSA) is 122 Å². The molecule has 198 valence electrons. The van der Waals surface area contributed by atoms with Crippen LogP contribution in [0.4, 0.5) is 0 Å². The van der Waals surface area contributed by atoms with Crippen molar-refractivity contribution in [1.29, 1.82) is 0 Å². The van der Waals surface area contributed by atoms with E-state index in [-0.39, 0.29) is 22.3 Å². The zero-order valence-corrected chi connectivity index (χ0v) is 22.9. The zero-order valence-electron chi connectivity index (χ0n) is 22.1. The highest BCUT2D eigenvalue weighted by molar-refractivity contribution is 7.89. The lowest BCUT2D eigenvalue weighted by molar-refractivity contribution is 0.272. The number of aromatic amines is 1. The van der Waals surface area contributed by atoms with Gasteiger partial charge in [-0.2, -0.15) is 0 Å². The molecule has 0 saturated heterocycles. The third-order valence-corrected chi connectivity index (χ3v) is 7.70. The Labute approximate surface area is 213 Å². The van der Waals surface area contributed by atoms with Crippen molar-refractivity contribution in [2.75, 3.05) is 27.2 Å². The fourth-order valence-corrected chi connectivity index (χ4v) is 5.37. The minimum Gasteiger partial charge on any atom is -0.493 e. The van der Waals surface area contributed by atoms with Crippen LogP contribution in [-0.2, 0) is 22.9 Å². The Morgan fingerprint density at radius 1 is 1.19 bits per heavy atom. The van der Waals surface area contributed by atoms with Gasteiger partial charge in [0.05, 0.1) is 22.8 Å². The van der Waals surface area contributed by atoms with Crippen molar-refractivity contribution in [2.24, 2.45) is 0 Å². The molecule has 0 aliphatic rings. The molecule has 0 saturated carbocycles. The van der Waals surface area contributed by atoms with Crippen LogP contribution in [0.5, 0.6) is 5.75 Å². The van der Waals surface area contributed by atoms with Gasteiger partial charge in [-0.1, -0.05) is 20.8 Å². The van der Waals surface area contributed by atoms with E-state index in [1.807, 2.05) is 34.9 Å². The van der Waals surface area contributed by atoms with Crippen molar-refractivity contribution >= 4 is 15.5 Å². The van der Waals surface area contributed by atoms with Crippen LogP contribution in [0.1, 0.15) is 58.5 Å². The molecular formula is C25H38N6O4S. The van der Waals surface area contributed by atoms with Crippen molar-refractivity contribution in [3.63, 3.8) is 0 Å². The highest BCUT2D eigenvalue weighted by Crippen LogP contribution is 2.30. The number of sulfonamides is 1. The zero-order chi connectivity index (χ0) is 26.5. The third-order valence-electron chi connectivity index (χ3n) is 6.24. The van der Waals surface area contributed by atoms with Gasteiger partial charge in [0.2, 0.25) is 10.0 Å². The van der Waals surface area contributed by atoms with Crippen molar-refractivity contribution in [2.45, 2.75) is 70.7 Å². The molecule has 2 heterocycles. The molecule has 1 unspecified atom stereocenters. The summed E-state index contributed by atoms with van der Waals surface area (Å²) in [4.78, 5) is 22.7. The first-order chi connectivity index (χ1) is 17.2. The Morgan fingerprint density at radius 3 is 2.56 bits per heavy atom. The minimum atomic E-state index is -3.78. The summed E-state index contributed by atoms with van der Waals surface area (Å²) in [5, 5.41) is 4.67. The number of hydrogen-bond donors (Lipinski definition) is 2. The molecule has 0 aliphatic heterocycles. The van der Waals surface area contributed by atoms with Gasteiger partial charge in [-0.25, -0.2) is 22.6 Å². The molecule has 2 aromatic heterocycles. The minimum absolute atomic E-state index is 0.0789. The van der Waals surface area contributed by atoms with Crippen LogP contribution < -0.4 is 15.0 Å². The lowest BCUT2D eigenvalue weighted by atomic mass is 10.1. The van der Waals surface area contributed by atoms with E-state index in [4.69, 9.17) is 4.74 Å². The Kier molecular flexibility index (Phi) is 9.26. The Morgan fingerprint density at radius 2 is 1.94 bits per heavy atom. The van der Waals surface area contributed by atoms with Crippen molar-refractivity contribution in [3.05, 3.63) is 40.1 Å². The highest BCUT2D eigenvalue weighted by Gasteiger charge is 2.21. The van der Waals surface area contributed by atoms with E-state index in [1.54, 1.807) is 10.6 Å². The van der Waals surface area contributed by atoms with Gasteiger partial charge in [-0.3, -0.25) is 4.79 Å². The number of nitrogens with one attached hydrogen (secondary N) is 2. The number of aryl methyl sites for hydroxylation is 2. The Balaban J connectivity index is 2.05. The number of ether oxygens (including phenoxy) is 1. The second kappa shape index (κ2) is 12.0. The van der Waals surface area contributed by atoms with E-state index < -0.39 is 10.0 Å². The van der Waals surface area contributed by atoms with E-state index in [0.29, 0.717) is 60.8 Å². The lowest BCUT2D eigenvalue weighted by Crippen LogP contribution is -2.33. The van der Waals surface area contributed by atoms with Crippen molar-refractivity contribution in [1.82, 2.24) is 29.2 Å². The van der Waals surface area contributed by atoms with Crippen LogP contribution in [0.2, 0.25) is 0 Å². The molecule has 0 spiro atoms. The fourth-order valence-electron chi connectivity index (χ4n) is 4.30. The quantitative estimate of drug-likeness (QED) is 0.357. The molecule has 2 N–H and O–H groups in total. The number of fused-ring (bicyclic) bond motifs is 1. The second-order valence-corrected chi connectivity index (χ2v) is 10.7. The maximum absolute atomic E-state index is 13.1. The van der Waals surface area contributed by atoms with Crippen LogP contribution in [0, 0.1) is 0 Å². The monoisotopic (exact) mass is 518 g/mol. The number of aromatic nitrogens is 4. The molecule has 1 atom stereocenters. The molecule has 36 heavy (non-hydrogen) atoms. The summed E-state index contributed by atoms with van der Waals surface area (Å²) < 4.78 is 36.3. The van der Waals surface area contributed by atoms with Crippen LogP contribution in [0.3, 0.4) is 0 Å². The molecule has 0 radical (unpaired) electrons. The fraction of sp³-hybridized carbons (Fsp3) is 0.560. The molecule has 0 bridgehead atoms. The predicted molar refractivity (Wildman–Crippen MR) is 141 cm³/mol. The maximum Gasteiger partial charge on any atom is 0.277 e. The molecule has 3 rings (SSSR count). The largest absolute Gasteiger partial charge is 0.493 e. The third kappa shape index (κ3) is 5.96. The van der Waals surface area contributed by atoms with Crippen molar-refractivity contribution < 1.29 is 13.2 Å². The molecule has 1 aromatic carbocycles. The maximum atomic E-state index is 13.1. The van der Waals surface area contributed by atoms with Gasteiger partial charge in [0.15, 0.2) is 11.3 Å². The summed E-state index contributed by atoms with van der Waals surface area (Å²) in [7, 11) is 0.191. The van der Waals surface area contributed by atoms with E-state index in [2.05, 4.69) is 31.6 Å². The van der Waals surface area contributed by atoms with Crippen molar-refractivity contribution in [3.8, 4) is 17.1 Å². The smallest absolute Gasteiger partial charge is 0.277 e. The normalized spacial score (nSPS) is 13.0. The van der Waals surface area contributed by atoms with E-state index in [9.17, 15) is 13.2 Å². The molecule has 0 aliphatic carbocycles. The molecule has 10 nitrogen and oxygen atoms in total. The molecular weight excluding hydrogens is 480 g/mol. The lowest BCUT2D eigenvalue weighted by Gasteiger charge is -2.22.